The molecule has 0 saturated carbocycles. The van der Waals surface area contributed by atoms with Gasteiger partial charge < -0.3 is 20.4 Å². The summed E-state index contributed by atoms with van der Waals surface area (Å²) >= 11 is 0.618. The number of aromatic nitrogens is 1. The molecule has 1 rings (SSSR count). The monoisotopic (exact) mass is 283 g/mol. The average molecular weight is 283 g/mol. The minimum absolute atomic E-state index is 0.104. The highest BCUT2D eigenvalue weighted by Gasteiger charge is 2.33. The van der Waals surface area contributed by atoms with E-state index in [4.69, 9.17) is 25.2 Å². The van der Waals surface area contributed by atoms with Crippen LogP contribution in [0.5, 0.6) is 0 Å². The highest BCUT2D eigenvalue weighted by Crippen LogP contribution is 2.30. The van der Waals surface area contributed by atoms with Gasteiger partial charge in [0.05, 0.1) is 25.5 Å². The molecule has 0 aliphatic rings. The number of rotatable bonds is 5. The fourth-order valence-electron chi connectivity index (χ4n) is 1.06. The van der Waals surface area contributed by atoms with Gasteiger partial charge in [0, 0.05) is 0 Å². The van der Waals surface area contributed by atoms with Crippen LogP contribution >= 0.6 is 11.3 Å². The molecular weight excluding hydrogens is 270 g/mol. The van der Waals surface area contributed by atoms with Gasteiger partial charge in [-0.3, -0.25) is 0 Å². The van der Waals surface area contributed by atoms with Gasteiger partial charge in [-0.25, -0.2) is 19.1 Å². The van der Waals surface area contributed by atoms with Gasteiger partial charge >= 0.3 is 0 Å². The summed E-state index contributed by atoms with van der Waals surface area (Å²) in [6.07, 6.45) is 0. The number of hydrogen-bond donors (Lipinski definition) is 6. The average Bonchev–Trinajstić information content (AvgIpc) is 2.72. The van der Waals surface area contributed by atoms with Crippen LogP contribution in [0.4, 0.5) is 0 Å². The van der Waals surface area contributed by atoms with Crippen molar-refractivity contribution in [1.29, 1.82) is 4.78 Å². The van der Waals surface area contributed by atoms with E-state index >= 15 is 0 Å². The van der Waals surface area contributed by atoms with Crippen LogP contribution in [0.1, 0.15) is 10.7 Å². The summed E-state index contributed by atoms with van der Waals surface area (Å²) in [7, 11) is -3.58. The van der Waals surface area contributed by atoms with Crippen molar-refractivity contribution in [3.05, 3.63) is 10.7 Å². The summed E-state index contributed by atoms with van der Waals surface area (Å²) in [5, 5.41) is 41.6. The Balaban J connectivity index is 3.36. The topological polar surface area (TPSA) is 161 Å². The van der Waals surface area contributed by atoms with E-state index in [-0.39, 0.29) is 14.9 Å². The standard InChI is InChI=1S/C7H13N3O5S2/c8-17(9,15)5-4(1-11)10-6(16-5)7(14,2-12)3-13/h11-14H,1-3H2,(H3,8,9,15). The number of nitrogens with zero attached hydrogens (tertiary/aromatic N) is 1. The molecule has 1 unspecified atom stereocenters. The molecule has 0 saturated heterocycles. The molecular formula is C7H13N3O5S2. The lowest BCUT2D eigenvalue weighted by atomic mass is 10.1. The van der Waals surface area contributed by atoms with Crippen LogP contribution in [0.3, 0.4) is 0 Å². The molecule has 1 atom stereocenters. The normalized spacial score (nSPS) is 15.8. The maximum atomic E-state index is 11.4. The van der Waals surface area contributed by atoms with Crippen molar-refractivity contribution in [2.75, 3.05) is 13.2 Å². The van der Waals surface area contributed by atoms with E-state index < -0.39 is 35.3 Å². The third-order valence-corrected chi connectivity index (χ3v) is 4.87. The summed E-state index contributed by atoms with van der Waals surface area (Å²) in [5.74, 6) is 0. The van der Waals surface area contributed by atoms with Crippen LogP contribution in [0, 0.1) is 4.78 Å². The molecule has 1 aromatic heterocycles. The summed E-state index contributed by atoms with van der Waals surface area (Å²) in [6.45, 7) is -2.21. The van der Waals surface area contributed by atoms with Gasteiger partial charge in [-0.2, -0.15) is 0 Å². The Kier molecular flexibility index (Phi) is 4.19. The maximum Gasteiger partial charge on any atom is 0.162 e. The number of aliphatic hydroxyl groups excluding tert-OH is 3. The summed E-state index contributed by atoms with van der Waals surface area (Å²) in [6, 6.07) is 0. The van der Waals surface area contributed by atoms with Crippen molar-refractivity contribution in [3.63, 3.8) is 0 Å². The van der Waals surface area contributed by atoms with Gasteiger partial charge in [0.1, 0.15) is 19.1 Å². The second kappa shape index (κ2) is 4.94. The zero-order valence-electron chi connectivity index (χ0n) is 8.66. The minimum Gasteiger partial charge on any atom is -0.393 e. The van der Waals surface area contributed by atoms with Crippen molar-refractivity contribution in [2.45, 2.75) is 16.4 Å². The zero-order valence-corrected chi connectivity index (χ0v) is 10.3. The number of nitrogens with two attached hydrogens (primary N) is 1. The number of hydrogen-bond acceptors (Lipinski definition) is 8. The van der Waals surface area contributed by atoms with E-state index in [1.807, 2.05) is 0 Å². The van der Waals surface area contributed by atoms with Gasteiger partial charge in [-0.05, 0) is 0 Å². The van der Waals surface area contributed by atoms with Crippen molar-refractivity contribution in [2.24, 2.45) is 5.14 Å². The number of nitrogens with one attached hydrogen (secondary N) is 1. The van der Waals surface area contributed by atoms with Crippen LogP contribution in [-0.2, 0) is 22.1 Å². The summed E-state index contributed by atoms with van der Waals surface area (Å²) < 4.78 is 18.4. The van der Waals surface area contributed by atoms with Crippen LogP contribution in [0.15, 0.2) is 4.21 Å². The SMILES string of the molecule is N=S(N)(=O)c1sc(C(O)(CO)CO)nc1CO. The van der Waals surface area contributed by atoms with Gasteiger partial charge in [0.15, 0.2) is 5.60 Å². The first-order valence-electron chi connectivity index (χ1n) is 4.40. The second-order valence-electron chi connectivity index (χ2n) is 3.36. The Morgan fingerprint density at radius 2 is 1.94 bits per heavy atom. The maximum absolute atomic E-state index is 11.4. The van der Waals surface area contributed by atoms with E-state index in [9.17, 15) is 9.32 Å². The Morgan fingerprint density at radius 3 is 2.24 bits per heavy atom. The van der Waals surface area contributed by atoms with E-state index in [0.717, 1.165) is 0 Å². The molecule has 0 amide bonds. The van der Waals surface area contributed by atoms with Crippen LogP contribution in [0.25, 0.3) is 0 Å². The highest BCUT2D eigenvalue weighted by molar-refractivity contribution is 7.92. The molecule has 0 aliphatic heterocycles. The predicted molar refractivity (Wildman–Crippen MR) is 59.4 cm³/mol. The van der Waals surface area contributed by atoms with Gasteiger partial charge in [-0.1, -0.05) is 0 Å². The van der Waals surface area contributed by atoms with Gasteiger partial charge in [0.2, 0.25) is 0 Å². The van der Waals surface area contributed by atoms with Gasteiger partial charge in [0.25, 0.3) is 0 Å². The number of thiazole rings is 1. The van der Waals surface area contributed by atoms with E-state index in [1.54, 1.807) is 0 Å². The summed E-state index contributed by atoms with van der Waals surface area (Å²) in [5.41, 5.74) is -2.11. The molecule has 0 bridgehead atoms. The largest absolute Gasteiger partial charge is 0.393 e. The van der Waals surface area contributed by atoms with Gasteiger partial charge in [-0.15, -0.1) is 11.3 Å². The zero-order chi connectivity index (χ0) is 13.3. The Morgan fingerprint density at radius 1 is 1.41 bits per heavy atom. The molecule has 98 valence electrons. The molecule has 0 aromatic carbocycles. The first kappa shape index (κ1) is 14.4. The van der Waals surface area contributed by atoms with E-state index in [1.165, 1.54) is 0 Å². The third kappa shape index (κ3) is 2.80. The minimum atomic E-state index is -3.58. The Hall–Kier alpha value is -0.620. The first-order valence-corrected chi connectivity index (χ1v) is 6.84. The fraction of sp³-hybridized carbons (Fsp3) is 0.571. The van der Waals surface area contributed by atoms with Crippen LogP contribution in [0.2, 0.25) is 0 Å². The summed E-state index contributed by atoms with van der Waals surface area (Å²) in [4.78, 5) is 3.73. The quantitative estimate of drug-likeness (QED) is 0.369. The van der Waals surface area contributed by atoms with Crippen LogP contribution in [-0.4, -0.2) is 42.8 Å². The van der Waals surface area contributed by atoms with Crippen molar-refractivity contribution < 1.29 is 24.6 Å². The van der Waals surface area contributed by atoms with Crippen LogP contribution < -0.4 is 5.14 Å². The molecule has 17 heavy (non-hydrogen) atoms. The van der Waals surface area contributed by atoms with E-state index in [0.29, 0.717) is 11.3 Å². The lowest BCUT2D eigenvalue weighted by molar-refractivity contribution is -0.0600. The third-order valence-electron chi connectivity index (χ3n) is 2.01. The highest BCUT2D eigenvalue weighted by atomic mass is 32.2. The molecule has 0 spiro atoms. The molecule has 10 heteroatoms. The second-order valence-corrected chi connectivity index (χ2v) is 6.23. The fourth-order valence-corrected chi connectivity index (χ4v) is 3.13. The Bertz CT molecular complexity index is 494. The molecule has 0 aliphatic carbocycles. The molecule has 7 N–H and O–H groups in total. The van der Waals surface area contributed by atoms with Crippen molar-refractivity contribution in [1.82, 2.24) is 4.98 Å². The lowest BCUT2D eigenvalue weighted by Crippen LogP contribution is -2.34. The molecule has 0 radical (unpaired) electrons. The van der Waals surface area contributed by atoms with Crippen molar-refractivity contribution >= 4 is 21.3 Å². The molecule has 1 aromatic rings. The lowest BCUT2D eigenvalue weighted by Gasteiger charge is -2.19. The van der Waals surface area contributed by atoms with Crippen molar-refractivity contribution in [3.8, 4) is 0 Å². The molecule has 1 heterocycles. The predicted octanol–water partition coefficient (Wildman–Crippen LogP) is -1.91. The Labute approximate surface area is 101 Å². The van der Waals surface area contributed by atoms with E-state index in [2.05, 4.69) is 4.98 Å². The first-order chi connectivity index (χ1) is 7.78. The smallest absolute Gasteiger partial charge is 0.162 e. The molecule has 8 nitrogen and oxygen atoms in total. The number of aliphatic hydroxyl groups is 4. The molecule has 0 fully saturated rings.